The summed E-state index contributed by atoms with van der Waals surface area (Å²) in [7, 11) is 0. The second kappa shape index (κ2) is 3.56. The van der Waals surface area contributed by atoms with Crippen molar-refractivity contribution in [3.8, 4) is 22.8 Å². The summed E-state index contributed by atoms with van der Waals surface area (Å²) in [6.45, 7) is 2.09. The summed E-state index contributed by atoms with van der Waals surface area (Å²) in [5, 5.41) is 4.34. The number of halogens is 1. The van der Waals surface area contributed by atoms with Crippen LogP contribution in [0.4, 0.5) is 5.88 Å². The van der Waals surface area contributed by atoms with Gasteiger partial charge in [0.2, 0.25) is 12.7 Å². The predicted octanol–water partition coefficient (Wildman–Crippen LogP) is 2.61. The van der Waals surface area contributed by atoms with Crippen LogP contribution >= 0.6 is 11.6 Å². The topological polar surface area (TPSA) is 70.5 Å². The van der Waals surface area contributed by atoms with E-state index in [1.807, 2.05) is 6.92 Å². The van der Waals surface area contributed by atoms with Crippen molar-refractivity contribution in [1.29, 1.82) is 0 Å². The van der Waals surface area contributed by atoms with E-state index < -0.39 is 0 Å². The molecule has 2 heterocycles. The van der Waals surface area contributed by atoms with Gasteiger partial charge >= 0.3 is 0 Å². The number of nitrogens with zero attached hydrogens (tertiary/aromatic N) is 1. The number of anilines is 1. The Kier molecular flexibility index (Phi) is 2.16. The first kappa shape index (κ1) is 10.3. The molecule has 0 saturated carbocycles. The third-order valence-corrected chi connectivity index (χ3v) is 2.93. The molecule has 6 heteroatoms. The minimum atomic E-state index is 0.181. The highest BCUT2D eigenvalue weighted by atomic mass is 35.5. The average molecular weight is 253 g/mol. The lowest BCUT2D eigenvalue weighted by Crippen LogP contribution is -1.93. The van der Waals surface area contributed by atoms with Crippen molar-refractivity contribution in [1.82, 2.24) is 5.16 Å². The summed E-state index contributed by atoms with van der Waals surface area (Å²) in [6.07, 6.45) is 0. The minimum Gasteiger partial charge on any atom is -0.453 e. The number of hydrogen-bond acceptors (Lipinski definition) is 5. The van der Waals surface area contributed by atoms with Gasteiger partial charge in [0.05, 0.1) is 5.02 Å². The first-order chi connectivity index (χ1) is 8.16. The van der Waals surface area contributed by atoms with Gasteiger partial charge in [-0.25, -0.2) is 0 Å². The van der Waals surface area contributed by atoms with Crippen molar-refractivity contribution in [3.63, 3.8) is 0 Å². The molecule has 1 aromatic carbocycles. The molecular weight excluding hydrogens is 244 g/mol. The van der Waals surface area contributed by atoms with E-state index >= 15 is 0 Å². The number of nitrogens with two attached hydrogens (primary N) is 1. The van der Waals surface area contributed by atoms with E-state index in [1.165, 1.54) is 0 Å². The van der Waals surface area contributed by atoms with E-state index in [4.69, 9.17) is 31.3 Å². The number of rotatable bonds is 1. The minimum absolute atomic E-state index is 0.181. The SMILES string of the molecule is Cc1c(-c2cc(N)on2)cc(Cl)c2c1OCO2. The van der Waals surface area contributed by atoms with Crippen molar-refractivity contribution in [2.24, 2.45) is 0 Å². The van der Waals surface area contributed by atoms with Crippen LogP contribution in [0, 0.1) is 6.92 Å². The zero-order valence-electron chi connectivity index (χ0n) is 8.99. The van der Waals surface area contributed by atoms with E-state index in [9.17, 15) is 0 Å². The molecule has 0 unspecified atom stereocenters. The Balaban J connectivity index is 2.22. The van der Waals surface area contributed by atoms with E-state index in [-0.39, 0.29) is 12.7 Å². The molecule has 0 aliphatic carbocycles. The van der Waals surface area contributed by atoms with E-state index in [0.717, 1.165) is 11.1 Å². The Morgan fingerprint density at radius 3 is 2.76 bits per heavy atom. The molecule has 0 atom stereocenters. The van der Waals surface area contributed by atoms with Gasteiger partial charge < -0.3 is 19.7 Å². The smallest absolute Gasteiger partial charge is 0.231 e. The Morgan fingerprint density at radius 2 is 2.06 bits per heavy atom. The molecule has 3 rings (SSSR count). The summed E-state index contributed by atoms with van der Waals surface area (Å²) in [6, 6.07) is 3.41. The van der Waals surface area contributed by atoms with Crippen LogP contribution in [0.2, 0.25) is 5.02 Å². The van der Waals surface area contributed by atoms with Gasteiger partial charge in [-0.05, 0) is 13.0 Å². The van der Waals surface area contributed by atoms with Crippen LogP contribution in [0.15, 0.2) is 16.7 Å². The molecule has 1 aliphatic rings. The molecule has 0 radical (unpaired) electrons. The fourth-order valence-corrected chi connectivity index (χ4v) is 2.09. The van der Waals surface area contributed by atoms with Gasteiger partial charge in [-0.2, -0.15) is 0 Å². The lowest BCUT2D eigenvalue weighted by Gasteiger charge is -2.07. The van der Waals surface area contributed by atoms with Gasteiger partial charge in [0.25, 0.3) is 0 Å². The highest BCUT2D eigenvalue weighted by molar-refractivity contribution is 6.32. The quantitative estimate of drug-likeness (QED) is 0.845. The average Bonchev–Trinajstić information content (AvgIpc) is 2.91. The van der Waals surface area contributed by atoms with Crippen LogP contribution in [0.5, 0.6) is 11.5 Å². The number of hydrogen-bond donors (Lipinski definition) is 1. The fourth-order valence-electron chi connectivity index (χ4n) is 1.84. The predicted molar refractivity (Wildman–Crippen MR) is 62.2 cm³/mol. The standard InChI is InChI=1S/C11H9ClN2O3/c1-5-6(8-3-9(13)17-14-8)2-7(12)11-10(5)15-4-16-11/h2-3H,4,13H2,1H3. The molecule has 1 aliphatic heterocycles. The van der Waals surface area contributed by atoms with Crippen LogP contribution in [-0.4, -0.2) is 11.9 Å². The molecule has 0 bridgehead atoms. The van der Waals surface area contributed by atoms with Gasteiger partial charge in [0, 0.05) is 17.2 Å². The second-order valence-electron chi connectivity index (χ2n) is 3.71. The molecule has 0 spiro atoms. The molecule has 2 N–H and O–H groups in total. The number of benzene rings is 1. The van der Waals surface area contributed by atoms with Crippen LogP contribution in [-0.2, 0) is 0 Å². The van der Waals surface area contributed by atoms with Crippen molar-refractivity contribution in [2.75, 3.05) is 12.5 Å². The lowest BCUT2D eigenvalue weighted by molar-refractivity contribution is 0.173. The number of nitrogen functional groups attached to an aromatic ring is 1. The second-order valence-corrected chi connectivity index (χ2v) is 4.12. The zero-order valence-corrected chi connectivity index (χ0v) is 9.75. The molecule has 5 nitrogen and oxygen atoms in total. The van der Waals surface area contributed by atoms with Gasteiger partial charge in [0.1, 0.15) is 5.69 Å². The first-order valence-electron chi connectivity index (χ1n) is 4.98. The maximum atomic E-state index is 6.11. The van der Waals surface area contributed by atoms with Crippen LogP contribution in [0.1, 0.15) is 5.56 Å². The maximum Gasteiger partial charge on any atom is 0.231 e. The number of fused-ring (bicyclic) bond motifs is 1. The summed E-state index contributed by atoms with van der Waals surface area (Å²) >= 11 is 6.11. The summed E-state index contributed by atoms with van der Waals surface area (Å²) in [5.41, 5.74) is 7.84. The summed E-state index contributed by atoms with van der Waals surface area (Å²) in [5.74, 6) is 1.48. The highest BCUT2D eigenvalue weighted by Gasteiger charge is 2.23. The third kappa shape index (κ3) is 1.51. The maximum absolute atomic E-state index is 6.11. The Labute approximate surface area is 102 Å². The molecular formula is C11H9ClN2O3. The van der Waals surface area contributed by atoms with Gasteiger partial charge in [0.15, 0.2) is 11.5 Å². The summed E-state index contributed by atoms with van der Waals surface area (Å²) < 4.78 is 15.5. The lowest BCUT2D eigenvalue weighted by atomic mass is 10.0. The monoisotopic (exact) mass is 252 g/mol. The van der Waals surface area contributed by atoms with E-state index in [0.29, 0.717) is 22.2 Å². The zero-order chi connectivity index (χ0) is 12.0. The van der Waals surface area contributed by atoms with Crippen molar-refractivity contribution in [2.45, 2.75) is 6.92 Å². The molecule has 0 saturated heterocycles. The van der Waals surface area contributed by atoms with Crippen LogP contribution in [0.25, 0.3) is 11.3 Å². The molecule has 2 aromatic rings. The molecule has 0 fully saturated rings. The molecule has 88 valence electrons. The van der Waals surface area contributed by atoms with Crippen molar-refractivity contribution in [3.05, 3.63) is 22.7 Å². The largest absolute Gasteiger partial charge is 0.453 e. The van der Waals surface area contributed by atoms with Crippen molar-refractivity contribution < 1.29 is 14.0 Å². The Morgan fingerprint density at radius 1 is 1.29 bits per heavy atom. The molecule has 17 heavy (non-hydrogen) atoms. The molecule has 1 aromatic heterocycles. The first-order valence-corrected chi connectivity index (χ1v) is 5.36. The van der Waals surface area contributed by atoms with Gasteiger partial charge in [-0.15, -0.1) is 0 Å². The highest BCUT2D eigenvalue weighted by Crippen LogP contribution is 2.45. The van der Waals surface area contributed by atoms with E-state index in [2.05, 4.69) is 5.16 Å². The fraction of sp³-hybridized carbons (Fsp3) is 0.182. The van der Waals surface area contributed by atoms with Gasteiger partial charge in [-0.1, -0.05) is 16.8 Å². The Bertz CT molecular complexity index is 595. The van der Waals surface area contributed by atoms with Crippen molar-refractivity contribution >= 4 is 17.5 Å². The van der Waals surface area contributed by atoms with Gasteiger partial charge in [-0.3, -0.25) is 0 Å². The number of ether oxygens (including phenoxy) is 2. The number of aromatic nitrogens is 1. The normalized spacial score (nSPS) is 13.1. The van der Waals surface area contributed by atoms with Crippen LogP contribution in [0.3, 0.4) is 0 Å². The molecule has 0 amide bonds. The van der Waals surface area contributed by atoms with E-state index in [1.54, 1.807) is 12.1 Å². The third-order valence-electron chi connectivity index (χ3n) is 2.65. The Hall–Kier alpha value is -1.88. The van der Waals surface area contributed by atoms with Crippen LogP contribution < -0.4 is 15.2 Å². The summed E-state index contributed by atoms with van der Waals surface area (Å²) in [4.78, 5) is 0.